The minimum Gasteiger partial charge on any atom is -0.462 e. The van der Waals surface area contributed by atoms with Crippen molar-refractivity contribution in [3.63, 3.8) is 0 Å². The Morgan fingerprint density at radius 3 is 1.72 bits per heavy atom. The molecule has 0 N–H and O–H groups in total. The summed E-state index contributed by atoms with van der Waals surface area (Å²) in [7, 11) is 0. The molecule has 1 heterocycles. The lowest BCUT2D eigenvalue weighted by Crippen LogP contribution is -2.56. The number of rotatable bonds is 7. The Hall–Kier alpha value is -2.69. The van der Waals surface area contributed by atoms with Gasteiger partial charge in [-0.15, -0.1) is 0 Å². The number of fused-ring (bicyclic) bond motifs is 1. The Bertz CT molecular complexity index is 687. The molecule has 1 aliphatic heterocycles. The van der Waals surface area contributed by atoms with Crippen molar-refractivity contribution in [3.05, 3.63) is 0 Å². The normalized spacial score (nSPS) is 30.8. The first-order valence-electron chi connectivity index (χ1n) is 8.99. The summed E-state index contributed by atoms with van der Waals surface area (Å²) in [5.41, 5.74) is 0. The summed E-state index contributed by atoms with van der Waals surface area (Å²) in [4.78, 5) is 57.5. The van der Waals surface area contributed by atoms with Gasteiger partial charge in [-0.25, -0.2) is 0 Å². The lowest BCUT2D eigenvalue weighted by molar-refractivity contribution is -0.219. The van der Waals surface area contributed by atoms with E-state index in [0.717, 1.165) is 13.8 Å². The van der Waals surface area contributed by atoms with Crippen LogP contribution < -0.4 is 0 Å². The largest absolute Gasteiger partial charge is 0.462 e. The number of carbonyl (C=O) groups excluding carboxylic acids is 5. The molecule has 4 unspecified atom stereocenters. The van der Waals surface area contributed by atoms with Gasteiger partial charge in [0.25, 0.3) is 0 Å². The molecule has 0 aromatic rings. The van der Waals surface area contributed by atoms with E-state index >= 15 is 0 Å². The number of esters is 5. The van der Waals surface area contributed by atoms with Gasteiger partial charge in [0.15, 0.2) is 18.3 Å². The minimum absolute atomic E-state index is 0.375. The highest BCUT2D eigenvalue weighted by atomic mass is 16.7. The SMILES string of the molecule is CC(=O)OC[C@@H](OC(C)=O)C1O[C@H]2C(OC(C)=O)C2C(OC(C)=O)[C@@H]1OC(C)=O. The first-order chi connectivity index (χ1) is 13.5. The van der Waals surface area contributed by atoms with Gasteiger partial charge in [0.2, 0.25) is 0 Å². The van der Waals surface area contributed by atoms with Crippen LogP contribution in [0, 0.1) is 5.92 Å². The Balaban J connectivity index is 2.35. The third-order valence-corrected chi connectivity index (χ3v) is 4.32. The van der Waals surface area contributed by atoms with Crippen LogP contribution in [0.15, 0.2) is 0 Å². The van der Waals surface area contributed by atoms with Crippen LogP contribution in [0.2, 0.25) is 0 Å². The fraction of sp³-hybridized carbons (Fsp3) is 0.722. The monoisotopic (exact) mass is 416 g/mol. The van der Waals surface area contributed by atoms with Gasteiger partial charge >= 0.3 is 29.8 Å². The second-order valence-corrected chi connectivity index (χ2v) is 6.82. The van der Waals surface area contributed by atoms with Crippen molar-refractivity contribution in [3.8, 4) is 0 Å². The Morgan fingerprint density at radius 2 is 1.24 bits per heavy atom. The van der Waals surface area contributed by atoms with Crippen molar-refractivity contribution in [2.75, 3.05) is 6.61 Å². The van der Waals surface area contributed by atoms with E-state index in [1.807, 2.05) is 0 Å². The summed E-state index contributed by atoms with van der Waals surface area (Å²) < 4.78 is 31.9. The standard InChI is InChI=1S/C18H24O11/c1-7(19)24-6-12(25-8(2)20)14-18(28-11(5)23)17(27-10(4)22)13-15(16(13)29-14)26-9(3)21/h12-18H,6H2,1-5H3/t12-,13?,14?,15?,16-,17?,18-/m1/s1. The van der Waals surface area contributed by atoms with E-state index in [1.165, 1.54) is 20.8 Å². The maximum Gasteiger partial charge on any atom is 0.303 e. The molecule has 1 saturated heterocycles. The zero-order valence-corrected chi connectivity index (χ0v) is 16.7. The second-order valence-electron chi connectivity index (χ2n) is 6.82. The van der Waals surface area contributed by atoms with Crippen LogP contribution in [0.4, 0.5) is 0 Å². The molecule has 11 heteroatoms. The molecule has 2 aliphatic rings. The van der Waals surface area contributed by atoms with E-state index in [1.54, 1.807) is 0 Å². The fourth-order valence-corrected chi connectivity index (χ4v) is 3.39. The molecular formula is C18H24O11. The summed E-state index contributed by atoms with van der Waals surface area (Å²) in [5.74, 6) is -3.78. The molecule has 162 valence electrons. The lowest BCUT2D eigenvalue weighted by Gasteiger charge is -2.38. The third-order valence-electron chi connectivity index (χ3n) is 4.32. The van der Waals surface area contributed by atoms with Crippen LogP contribution in [-0.4, -0.2) is 73.1 Å². The van der Waals surface area contributed by atoms with Gasteiger partial charge in [-0.1, -0.05) is 0 Å². The molecule has 0 aromatic carbocycles. The highest BCUT2D eigenvalue weighted by Gasteiger charge is 2.68. The van der Waals surface area contributed by atoms with Crippen molar-refractivity contribution < 1.29 is 52.4 Å². The van der Waals surface area contributed by atoms with Crippen molar-refractivity contribution in [2.24, 2.45) is 5.92 Å². The average molecular weight is 416 g/mol. The Labute approximate surface area is 166 Å². The zero-order chi connectivity index (χ0) is 21.9. The molecule has 0 radical (unpaired) electrons. The maximum absolute atomic E-state index is 11.7. The molecule has 0 spiro atoms. The molecule has 2 rings (SSSR count). The minimum atomic E-state index is -1.18. The quantitative estimate of drug-likeness (QED) is 0.398. The van der Waals surface area contributed by atoms with Crippen molar-refractivity contribution in [1.82, 2.24) is 0 Å². The van der Waals surface area contributed by atoms with Crippen molar-refractivity contribution in [2.45, 2.75) is 71.2 Å². The summed E-state index contributed by atoms with van der Waals surface area (Å²) in [6.07, 6.45) is -5.88. The van der Waals surface area contributed by atoms with Gasteiger partial charge in [0, 0.05) is 34.6 Å². The van der Waals surface area contributed by atoms with Gasteiger partial charge in [-0.05, 0) is 0 Å². The summed E-state index contributed by atoms with van der Waals surface area (Å²) in [6, 6.07) is 0. The molecule has 1 aliphatic carbocycles. The van der Waals surface area contributed by atoms with E-state index in [2.05, 4.69) is 0 Å². The fourth-order valence-electron chi connectivity index (χ4n) is 3.39. The summed E-state index contributed by atoms with van der Waals surface area (Å²) >= 11 is 0. The molecule has 1 saturated carbocycles. The molecule has 29 heavy (non-hydrogen) atoms. The van der Waals surface area contributed by atoms with Gasteiger partial charge in [0.1, 0.15) is 24.9 Å². The van der Waals surface area contributed by atoms with Crippen LogP contribution in [0.3, 0.4) is 0 Å². The number of hydrogen-bond acceptors (Lipinski definition) is 11. The van der Waals surface area contributed by atoms with Crippen LogP contribution in [0.25, 0.3) is 0 Å². The predicted molar refractivity (Wildman–Crippen MR) is 91.0 cm³/mol. The van der Waals surface area contributed by atoms with E-state index in [4.69, 9.17) is 28.4 Å². The topological polar surface area (TPSA) is 141 Å². The number of hydrogen-bond donors (Lipinski definition) is 0. The Kier molecular flexibility index (Phi) is 7.17. The van der Waals surface area contributed by atoms with E-state index < -0.39 is 72.4 Å². The van der Waals surface area contributed by atoms with Gasteiger partial charge in [-0.3, -0.25) is 24.0 Å². The highest BCUT2D eigenvalue weighted by molar-refractivity contribution is 5.69. The van der Waals surface area contributed by atoms with Crippen LogP contribution in [0.1, 0.15) is 34.6 Å². The van der Waals surface area contributed by atoms with Gasteiger partial charge in [0.05, 0.1) is 5.92 Å². The highest BCUT2D eigenvalue weighted by Crippen LogP contribution is 2.49. The smallest absolute Gasteiger partial charge is 0.303 e. The predicted octanol–water partition coefficient (Wildman–Crippen LogP) is -0.326. The van der Waals surface area contributed by atoms with Crippen molar-refractivity contribution in [1.29, 1.82) is 0 Å². The molecule has 0 bridgehead atoms. The Morgan fingerprint density at radius 1 is 0.724 bits per heavy atom. The third kappa shape index (κ3) is 5.89. The van der Waals surface area contributed by atoms with Gasteiger partial charge < -0.3 is 28.4 Å². The lowest BCUT2D eigenvalue weighted by atomic mass is 9.96. The van der Waals surface area contributed by atoms with E-state index in [-0.39, 0.29) is 6.61 Å². The summed E-state index contributed by atoms with van der Waals surface area (Å²) in [6.45, 7) is 5.49. The number of ether oxygens (including phenoxy) is 6. The maximum atomic E-state index is 11.7. The summed E-state index contributed by atoms with van der Waals surface area (Å²) in [5, 5.41) is 0. The second kappa shape index (κ2) is 9.21. The van der Waals surface area contributed by atoms with Crippen LogP contribution >= 0.6 is 0 Å². The molecule has 11 nitrogen and oxygen atoms in total. The first-order valence-corrected chi connectivity index (χ1v) is 8.99. The first kappa shape index (κ1) is 22.6. The van der Waals surface area contributed by atoms with Crippen molar-refractivity contribution >= 4 is 29.8 Å². The van der Waals surface area contributed by atoms with Crippen LogP contribution in [-0.2, 0) is 52.4 Å². The van der Waals surface area contributed by atoms with Gasteiger partial charge in [-0.2, -0.15) is 0 Å². The van der Waals surface area contributed by atoms with Crippen LogP contribution in [0.5, 0.6) is 0 Å². The van der Waals surface area contributed by atoms with E-state index in [9.17, 15) is 24.0 Å². The molecule has 7 atom stereocenters. The molecule has 0 aromatic heterocycles. The number of carbonyl (C=O) groups is 5. The average Bonchev–Trinajstić information content (AvgIpc) is 3.23. The molecule has 2 fully saturated rings. The van der Waals surface area contributed by atoms with E-state index in [0.29, 0.717) is 0 Å². The molecule has 0 amide bonds. The molecular weight excluding hydrogens is 392 g/mol. The zero-order valence-electron chi connectivity index (χ0n) is 16.7.